The van der Waals surface area contributed by atoms with Crippen molar-refractivity contribution in [2.75, 3.05) is 18.8 Å². The molecule has 2 aromatic heterocycles. The summed E-state index contributed by atoms with van der Waals surface area (Å²) in [5.74, 6) is 0.993. The second-order valence-corrected chi connectivity index (χ2v) is 11.6. The van der Waals surface area contributed by atoms with Gasteiger partial charge in [-0.15, -0.1) is 11.3 Å². The van der Waals surface area contributed by atoms with Gasteiger partial charge in [0, 0.05) is 18.0 Å². The van der Waals surface area contributed by atoms with Gasteiger partial charge in [-0.05, 0) is 75.5 Å². The number of aromatic nitrogens is 2. The maximum atomic E-state index is 13.9. The highest BCUT2D eigenvalue weighted by Crippen LogP contribution is 2.35. The average molecular weight is 482 g/mol. The molecule has 174 valence electrons. The van der Waals surface area contributed by atoms with Gasteiger partial charge in [0.1, 0.15) is 4.83 Å². The number of amides is 1. The lowest BCUT2D eigenvalue weighted by atomic mass is 9.97. The van der Waals surface area contributed by atoms with Crippen LogP contribution in [0.4, 0.5) is 0 Å². The van der Waals surface area contributed by atoms with E-state index in [4.69, 9.17) is 4.98 Å². The highest BCUT2D eigenvalue weighted by molar-refractivity contribution is 7.99. The van der Waals surface area contributed by atoms with Gasteiger partial charge in [-0.3, -0.25) is 14.2 Å². The van der Waals surface area contributed by atoms with Crippen molar-refractivity contribution in [2.45, 2.75) is 64.5 Å². The van der Waals surface area contributed by atoms with E-state index >= 15 is 0 Å². The minimum Gasteiger partial charge on any atom is -0.342 e. The van der Waals surface area contributed by atoms with Crippen LogP contribution in [0.25, 0.3) is 15.9 Å². The maximum Gasteiger partial charge on any atom is 0.267 e. The Balaban J connectivity index is 1.57. The van der Waals surface area contributed by atoms with Crippen LogP contribution in [0.2, 0.25) is 0 Å². The molecule has 1 aliphatic heterocycles. The molecular weight excluding hydrogens is 450 g/mol. The normalized spacial score (nSPS) is 18.5. The predicted molar refractivity (Wildman–Crippen MR) is 137 cm³/mol. The van der Waals surface area contributed by atoms with Crippen LogP contribution in [0.15, 0.2) is 28.2 Å². The summed E-state index contributed by atoms with van der Waals surface area (Å²) in [5.41, 5.74) is 4.27. The summed E-state index contributed by atoms with van der Waals surface area (Å²) in [4.78, 5) is 36.0. The zero-order valence-electron chi connectivity index (χ0n) is 19.6. The van der Waals surface area contributed by atoms with Crippen LogP contribution in [-0.4, -0.2) is 39.2 Å². The first-order chi connectivity index (χ1) is 15.9. The molecule has 0 saturated carbocycles. The fourth-order valence-corrected chi connectivity index (χ4v) is 7.40. The Bertz CT molecular complexity index is 1280. The Morgan fingerprint density at radius 3 is 2.82 bits per heavy atom. The molecule has 1 aliphatic carbocycles. The van der Waals surface area contributed by atoms with Gasteiger partial charge in [-0.1, -0.05) is 36.4 Å². The van der Waals surface area contributed by atoms with E-state index in [1.165, 1.54) is 35.0 Å². The zero-order valence-corrected chi connectivity index (χ0v) is 21.3. The number of hydrogen-bond acceptors (Lipinski definition) is 5. The molecule has 5 nitrogen and oxygen atoms in total. The number of nitrogens with zero attached hydrogens (tertiary/aromatic N) is 3. The number of thiophene rings is 1. The largest absolute Gasteiger partial charge is 0.342 e. The first-order valence-electron chi connectivity index (χ1n) is 12.0. The summed E-state index contributed by atoms with van der Waals surface area (Å²) in [7, 11) is 0. The third-order valence-corrected chi connectivity index (χ3v) is 8.99. The summed E-state index contributed by atoms with van der Waals surface area (Å²) in [5, 5.41) is 1.41. The van der Waals surface area contributed by atoms with Gasteiger partial charge in [-0.2, -0.15) is 0 Å². The number of carbonyl (C=O) groups excluding carboxylic acids is 1. The standard InChI is InChI=1S/C26H31N3O2S2/c1-16-10-11-20(18(3)13-16)29-25(31)23-19-8-4-5-9-21(19)33-24(23)27-26(29)32-15-22(30)28-12-6-7-17(2)14-28/h10-11,13,17H,4-9,12,14-15H2,1-3H3. The number of rotatable bonds is 4. The predicted octanol–water partition coefficient (Wildman–Crippen LogP) is 5.29. The van der Waals surface area contributed by atoms with Crippen LogP contribution in [0.3, 0.4) is 0 Å². The Morgan fingerprint density at radius 1 is 1.21 bits per heavy atom. The molecular formula is C26H31N3O2S2. The van der Waals surface area contributed by atoms with Crippen molar-refractivity contribution in [2.24, 2.45) is 5.92 Å². The average Bonchev–Trinajstić information content (AvgIpc) is 3.17. The summed E-state index contributed by atoms with van der Waals surface area (Å²) in [6.45, 7) is 7.96. The third-order valence-electron chi connectivity index (χ3n) is 6.89. The van der Waals surface area contributed by atoms with Gasteiger partial charge >= 0.3 is 0 Å². The van der Waals surface area contributed by atoms with Crippen LogP contribution < -0.4 is 5.56 Å². The molecule has 1 saturated heterocycles. The second-order valence-electron chi connectivity index (χ2n) is 9.59. The summed E-state index contributed by atoms with van der Waals surface area (Å²) in [6, 6.07) is 6.15. The van der Waals surface area contributed by atoms with Crippen LogP contribution >= 0.6 is 23.1 Å². The third kappa shape index (κ3) is 4.37. The number of carbonyl (C=O) groups is 1. The Hall–Kier alpha value is -2.12. The molecule has 1 amide bonds. The molecule has 33 heavy (non-hydrogen) atoms. The van der Waals surface area contributed by atoms with Crippen LogP contribution in [0.1, 0.15) is 54.2 Å². The number of aryl methyl sites for hydroxylation is 4. The van der Waals surface area contributed by atoms with E-state index in [1.54, 1.807) is 15.9 Å². The molecule has 0 bridgehead atoms. The minimum atomic E-state index is 0.00731. The summed E-state index contributed by atoms with van der Waals surface area (Å²) < 4.78 is 1.76. The van der Waals surface area contributed by atoms with E-state index < -0.39 is 0 Å². The van der Waals surface area contributed by atoms with Crippen molar-refractivity contribution >= 4 is 39.2 Å². The fourth-order valence-electron chi connectivity index (χ4n) is 5.19. The monoisotopic (exact) mass is 481 g/mol. The van der Waals surface area contributed by atoms with Gasteiger partial charge in [0.05, 0.1) is 16.8 Å². The van der Waals surface area contributed by atoms with E-state index in [0.717, 1.165) is 65.8 Å². The van der Waals surface area contributed by atoms with Gasteiger partial charge in [0.2, 0.25) is 5.91 Å². The molecule has 5 rings (SSSR count). The van der Waals surface area contributed by atoms with E-state index in [9.17, 15) is 9.59 Å². The molecule has 1 aromatic carbocycles. The van der Waals surface area contributed by atoms with Crippen molar-refractivity contribution in [3.63, 3.8) is 0 Å². The van der Waals surface area contributed by atoms with E-state index in [2.05, 4.69) is 19.9 Å². The summed E-state index contributed by atoms with van der Waals surface area (Å²) in [6.07, 6.45) is 6.54. The van der Waals surface area contributed by atoms with Gasteiger partial charge in [-0.25, -0.2) is 4.98 Å². The maximum absolute atomic E-state index is 13.9. The first kappa shape index (κ1) is 22.7. The van der Waals surface area contributed by atoms with E-state index in [0.29, 0.717) is 16.8 Å². The van der Waals surface area contributed by atoms with Crippen LogP contribution in [-0.2, 0) is 17.6 Å². The lowest BCUT2D eigenvalue weighted by Crippen LogP contribution is -2.40. The Labute approximate surface area is 203 Å². The molecule has 1 unspecified atom stereocenters. The van der Waals surface area contributed by atoms with Crippen LogP contribution in [0, 0.1) is 19.8 Å². The highest BCUT2D eigenvalue weighted by Gasteiger charge is 2.25. The van der Waals surface area contributed by atoms with Crippen molar-refractivity contribution in [3.8, 4) is 5.69 Å². The number of likely N-dealkylation sites (tertiary alicyclic amines) is 1. The number of hydrogen-bond donors (Lipinski definition) is 0. The number of piperidine rings is 1. The second kappa shape index (κ2) is 9.26. The van der Waals surface area contributed by atoms with E-state index in [1.807, 2.05) is 24.0 Å². The zero-order chi connectivity index (χ0) is 23.1. The summed E-state index contributed by atoms with van der Waals surface area (Å²) >= 11 is 3.07. The molecule has 3 heterocycles. The molecule has 1 fully saturated rings. The van der Waals surface area contributed by atoms with Crippen molar-refractivity contribution < 1.29 is 4.79 Å². The Morgan fingerprint density at radius 2 is 2.03 bits per heavy atom. The molecule has 7 heteroatoms. The Kier molecular flexibility index (Phi) is 6.36. The smallest absolute Gasteiger partial charge is 0.267 e. The molecule has 0 radical (unpaired) electrons. The van der Waals surface area contributed by atoms with E-state index in [-0.39, 0.29) is 11.5 Å². The number of benzene rings is 1. The lowest BCUT2D eigenvalue weighted by Gasteiger charge is -2.30. The first-order valence-corrected chi connectivity index (χ1v) is 13.8. The molecule has 0 spiro atoms. The molecule has 3 aromatic rings. The van der Waals surface area contributed by atoms with Crippen molar-refractivity contribution in [1.82, 2.24) is 14.5 Å². The topological polar surface area (TPSA) is 55.2 Å². The van der Waals surface area contributed by atoms with Gasteiger partial charge < -0.3 is 4.90 Å². The number of fused-ring (bicyclic) bond motifs is 3. The van der Waals surface area contributed by atoms with Gasteiger partial charge in [0.15, 0.2) is 5.16 Å². The number of thioether (sulfide) groups is 1. The fraction of sp³-hybridized carbons (Fsp3) is 0.500. The quantitative estimate of drug-likeness (QED) is 0.375. The molecule has 2 aliphatic rings. The molecule has 1 atom stereocenters. The van der Waals surface area contributed by atoms with Crippen molar-refractivity contribution in [1.29, 1.82) is 0 Å². The van der Waals surface area contributed by atoms with Crippen LogP contribution in [0.5, 0.6) is 0 Å². The molecule has 0 N–H and O–H groups in total. The minimum absolute atomic E-state index is 0.00731. The van der Waals surface area contributed by atoms with Gasteiger partial charge in [0.25, 0.3) is 5.56 Å². The SMILES string of the molecule is Cc1ccc(-n2c(SCC(=O)N3CCCC(C)C3)nc3sc4c(c3c2=O)CCCC4)c(C)c1. The van der Waals surface area contributed by atoms with Crippen molar-refractivity contribution in [3.05, 3.63) is 50.1 Å². The lowest BCUT2D eigenvalue weighted by molar-refractivity contribution is -0.130. The highest BCUT2D eigenvalue weighted by atomic mass is 32.2.